The molecule has 0 saturated heterocycles. The molecule has 5 nitrogen and oxygen atoms in total. The largest absolute Gasteiger partial charge is 0.457 e. The number of rotatable bonds is 2. The first-order chi connectivity index (χ1) is 26.7. The van der Waals surface area contributed by atoms with Crippen molar-refractivity contribution in [1.82, 2.24) is 19.9 Å². The molecule has 250 valence electrons. The number of ether oxygens (including phenoxy) is 1. The van der Waals surface area contributed by atoms with E-state index in [0.29, 0.717) is 0 Å². The van der Waals surface area contributed by atoms with Gasteiger partial charge in [0.15, 0.2) is 0 Å². The standard InChI is InChI=1S/C49H28N4O/c1-2-10-37-33(7-1)34-19-13-31(41-20-14-29-16-22-43-35(47(29)52-41)8-5-25-50-43)27-39(34)49(37)38-11-3-4-12-45(38)54-46-24-18-32(28-40(46)49)42-21-15-30-17-23-44-36(48(30)53-42)9-6-26-51-44/h1-28H. The average molecular weight is 689 g/mol. The lowest BCUT2D eigenvalue weighted by Gasteiger charge is -2.39. The molecule has 0 amide bonds. The van der Waals surface area contributed by atoms with E-state index in [1.165, 1.54) is 22.3 Å². The molecule has 5 heterocycles. The predicted octanol–water partition coefficient (Wildman–Crippen LogP) is 11.7. The second kappa shape index (κ2) is 10.9. The van der Waals surface area contributed by atoms with Gasteiger partial charge in [-0.15, -0.1) is 0 Å². The highest BCUT2D eigenvalue weighted by Gasteiger charge is 2.51. The van der Waals surface area contributed by atoms with Crippen LogP contribution in [0.25, 0.3) is 77.3 Å². The van der Waals surface area contributed by atoms with Gasteiger partial charge in [0.1, 0.15) is 11.5 Å². The average Bonchev–Trinajstić information content (AvgIpc) is 3.53. The first kappa shape index (κ1) is 29.3. The number of pyridine rings is 4. The van der Waals surface area contributed by atoms with Gasteiger partial charge in [-0.2, -0.15) is 0 Å². The van der Waals surface area contributed by atoms with Crippen LogP contribution in [0.4, 0.5) is 0 Å². The lowest BCUT2D eigenvalue weighted by Crippen LogP contribution is -2.32. The Morgan fingerprint density at radius 3 is 1.67 bits per heavy atom. The molecule has 54 heavy (non-hydrogen) atoms. The van der Waals surface area contributed by atoms with E-state index in [-0.39, 0.29) is 0 Å². The zero-order valence-electron chi connectivity index (χ0n) is 28.9. The van der Waals surface area contributed by atoms with Crippen molar-refractivity contribution in [3.05, 3.63) is 192 Å². The van der Waals surface area contributed by atoms with Crippen LogP contribution in [-0.4, -0.2) is 19.9 Å². The second-order valence-corrected chi connectivity index (χ2v) is 14.2. The Labute approximate surface area is 310 Å². The van der Waals surface area contributed by atoms with Gasteiger partial charge in [0.25, 0.3) is 0 Å². The van der Waals surface area contributed by atoms with Crippen molar-refractivity contribution in [2.45, 2.75) is 5.41 Å². The van der Waals surface area contributed by atoms with E-state index in [9.17, 15) is 0 Å². The van der Waals surface area contributed by atoms with Crippen molar-refractivity contribution in [1.29, 1.82) is 0 Å². The quantitative estimate of drug-likeness (QED) is 0.169. The second-order valence-electron chi connectivity index (χ2n) is 14.2. The lowest BCUT2D eigenvalue weighted by atomic mass is 9.65. The van der Waals surface area contributed by atoms with Crippen LogP contribution < -0.4 is 4.74 Å². The molecule has 1 aliphatic heterocycles. The Hall–Kier alpha value is -7.24. The van der Waals surface area contributed by atoms with Crippen LogP contribution in [-0.2, 0) is 5.41 Å². The number of nitrogens with zero attached hydrogens (tertiary/aromatic N) is 4. The Morgan fingerprint density at radius 2 is 0.963 bits per heavy atom. The first-order valence-corrected chi connectivity index (χ1v) is 18.2. The van der Waals surface area contributed by atoms with Crippen LogP contribution in [0.15, 0.2) is 170 Å². The SMILES string of the molecule is c1ccc2c(c1)Oc1ccc(-c3ccc4ccc5ncccc5c4n3)cc1C21c2ccccc2-c2ccc(-c3ccc4ccc5ncccc5c4n3)cc21. The van der Waals surface area contributed by atoms with E-state index in [1.54, 1.807) is 0 Å². The predicted molar refractivity (Wildman–Crippen MR) is 216 cm³/mol. The lowest BCUT2D eigenvalue weighted by molar-refractivity contribution is 0.436. The molecule has 4 aromatic heterocycles. The Morgan fingerprint density at radius 1 is 0.407 bits per heavy atom. The maximum Gasteiger partial charge on any atom is 0.132 e. The molecule has 1 spiro atoms. The van der Waals surface area contributed by atoms with Gasteiger partial charge in [-0.3, -0.25) is 9.97 Å². The van der Waals surface area contributed by atoms with Crippen molar-refractivity contribution >= 4 is 43.6 Å². The van der Waals surface area contributed by atoms with Gasteiger partial charge in [0.05, 0.1) is 38.9 Å². The smallest absolute Gasteiger partial charge is 0.132 e. The molecule has 6 aromatic carbocycles. The number of fused-ring (bicyclic) bond motifs is 15. The highest BCUT2D eigenvalue weighted by Crippen LogP contribution is 2.62. The highest BCUT2D eigenvalue weighted by atomic mass is 16.5. The Kier molecular flexibility index (Phi) is 5.92. The molecule has 0 fully saturated rings. The Bertz CT molecular complexity index is 3230. The molecular weight excluding hydrogens is 661 g/mol. The number of benzene rings is 6. The molecule has 5 heteroatoms. The fourth-order valence-electron chi connectivity index (χ4n) is 9.02. The number of hydrogen-bond donors (Lipinski definition) is 0. The van der Waals surface area contributed by atoms with Gasteiger partial charge in [-0.1, -0.05) is 78.9 Å². The van der Waals surface area contributed by atoms with Gasteiger partial charge in [0.2, 0.25) is 0 Å². The van der Waals surface area contributed by atoms with Crippen molar-refractivity contribution in [3.63, 3.8) is 0 Å². The summed E-state index contributed by atoms with van der Waals surface area (Å²) in [5.41, 5.74) is 14.1. The van der Waals surface area contributed by atoms with E-state index >= 15 is 0 Å². The van der Waals surface area contributed by atoms with Gasteiger partial charge in [-0.25, -0.2) is 9.97 Å². The summed E-state index contributed by atoms with van der Waals surface area (Å²) >= 11 is 0. The van der Waals surface area contributed by atoms with Crippen molar-refractivity contribution in [3.8, 4) is 45.1 Å². The molecular formula is C49H28N4O. The first-order valence-electron chi connectivity index (χ1n) is 18.2. The van der Waals surface area contributed by atoms with Crippen LogP contribution in [0.2, 0.25) is 0 Å². The minimum Gasteiger partial charge on any atom is -0.457 e. The van der Waals surface area contributed by atoms with E-state index < -0.39 is 5.41 Å². The van der Waals surface area contributed by atoms with E-state index in [4.69, 9.17) is 14.7 Å². The molecule has 1 unspecified atom stereocenters. The number of para-hydroxylation sites is 1. The maximum atomic E-state index is 6.77. The van der Waals surface area contributed by atoms with Crippen LogP contribution in [0, 0.1) is 0 Å². The summed E-state index contributed by atoms with van der Waals surface area (Å²) in [6.07, 6.45) is 3.66. The zero-order valence-corrected chi connectivity index (χ0v) is 28.9. The van der Waals surface area contributed by atoms with E-state index in [0.717, 1.165) is 88.8 Å². The number of hydrogen-bond acceptors (Lipinski definition) is 5. The summed E-state index contributed by atoms with van der Waals surface area (Å²) in [6.45, 7) is 0. The normalized spacial score (nSPS) is 15.3. The highest BCUT2D eigenvalue weighted by molar-refractivity contribution is 6.05. The zero-order chi connectivity index (χ0) is 35.4. The Balaban J connectivity index is 1.12. The summed E-state index contributed by atoms with van der Waals surface area (Å²) in [4.78, 5) is 19.8. The minimum atomic E-state index is -0.650. The molecule has 12 rings (SSSR count). The van der Waals surface area contributed by atoms with Crippen LogP contribution in [0.1, 0.15) is 22.3 Å². The monoisotopic (exact) mass is 688 g/mol. The summed E-state index contributed by atoms with van der Waals surface area (Å²) in [5, 5.41) is 4.27. The summed E-state index contributed by atoms with van der Waals surface area (Å²) in [7, 11) is 0. The fraction of sp³-hybridized carbons (Fsp3) is 0.0204. The summed E-state index contributed by atoms with van der Waals surface area (Å²) in [6, 6.07) is 55.8. The summed E-state index contributed by atoms with van der Waals surface area (Å²) in [5.74, 6) is 1.69. The minimum absolute atomic E-state index is 0.650. The molecule has 0 saturated carbocycles. The van der Waals surface area contributed by atoms with Crippen LogP contribution >= 0.6 is 0 Å². The van der Waals surface area contributed by atoms with Crippen molar-refractivity contribution < 1.29 is 4.74 Å². The van der Waals surface area contributed by atoms with Crippen LogP contribution in [0.3, 0.4) is 0 Å². The van der Waals surface area contributed by atoms with E-state index in [1.807, 2.05) is 24.5 Å². The molecule has 2 aliphatic rings. The summed E-state index contributed by atoms with van der Waals surface area (Å²) < 4.78 is 6.77. The topological polar surface area (TPSA) is 60.8 Å². The number of aromatic nitrogens is 4. The van der Waals surface area contributed by atoms with Gasteiger partial charge in [0, 0.05) is 56.2 Å². The molecule has 1 atom stereocenters. The fourth-order valence-corrected chi connectivity index (χ4v) is 9.02. The maximum absolute atomic E-state index is 6.77. The van der Waals surface area contributed by atoms with Gasteiger partial charge >= 0.3 is 0 Å². The van der Waals surface area contributed by atoms with E-state index in [2.05, 4.69) is 156 Å². The molecule has 0 radical (unpaired) electrons. The van der Waals surface area contributed by atoms with Crippen molar-refractivity contribution in [2.24, 2.45) is 0 Å². The third-order valence-electron chi connectivity index (χ3n) is 11.4. The molecule has 10 aromatic rings. The van der Waals surface area contributed by atoms with Crippen molar-refractivity contribution in [2.75, 3.05) is 0 Å². The molecule has 0 bridgehead atoms. The molecule has 0 N–H and O–H groups in total. The van der Waals surface area contributed by atoms with Crippen LogP contribution in [0.5, 0.6) is 11.5 Å². The molecule has 1 aliphatic carbocycles. The van der Waals surface area contributed by atoms with Gasteiger partial charge in [-0.05, 0) is 101 Å². The van der Waals surface area contributed by atoms with Gasteiger partial charge < -0.3 is 4.74 Å². The third-order valence-corrected chi connectivity index (χ3v) is 11.4. The third kappa shape index (κ3) is 3.98.